The second kappa shape index (κ2) is 7.65. The Hall–Kier alpha value is -1.06. The summed E-state index contributed by atoms with van der Waals surface area (Å²) in [4.78, 5) is 2.60. The molecule has 0 spiro atoms. The van der Waals surface area contributed by atoms with Gasteiger partial charge in [-0.15, -0.1) is 0 Å². The highest BCUT2D eigenvalue weighted by molar-refractivity contribution is 5.50. The molecule has 0 amide bonds. The summed E-state index contributed by atoms with van der Waals surface area (Å²) in [5.74, 6) is 0. The molecule has 1 aromatic carbocycles. The average Bonchev–Trinajstić information content (AvgIpc) is 2.85. The molecule has 2 rings (SSSR count). The third-order valence-corrected chi connectivity index (χ3v) is 4.30. The molecule has 1 aliphatic rings. The number of anilines is 1. The van der Waals surface area contributed by atoms with Crippen molar-refractivity contribution in [2.45, 2.75) is 51.7 Å². The van der Waals surface area contributed by atoms with Crippen LogP contribution in [0.15, 0.2) is 24.3 Å². The standard InChI is InChI=1S/C17H28N2O/c1-4-16-8-5-14(2)19(16)17-9-6-15(7-10-17)13-18-11-12-20-3/h6-7,9-10,14,16,18H,4-5,8,11-13H2,1-3H3. The quantitative estimate of drug-likeness (QED) is 0.774. The first-order chi connectivity index (χ1) is 9.76. The van der Waals surface area contributed by atoms with Gasteiger partial charge in [-0.2, -0.15) is 0 Å². The maximum absolute atomic E-state index is 5.03. The van der Waals surface area contributed by atoms with E-state index < -0.39 is 0 Å². The zero-order valence-electron chi connectivity index (χ0n) is 13.1. The lowest BCUT2D eigenvalue weighted by Gasteiger charge is -2.30. The van der Waals surface area contributed by atoms with E-state index in [1.165, 1.54) is 30.5 Å². The van der Waals surface area contributed by atoms with E-state index in [0.717, 1.165) is 25.7 Å². The third kappa shape index (κ3) is 3.74. The van der Waals surface area contributed by atoms with Gasteiger partial charge < -0.3 is 15.0 Å². The fraction of sp³-hybridized carbons (Fsp3) is 0.647. The number of methoxy groups -OCH3 is 1. The molecule has 3 nitrogen and oxygen atoms in total. The molecule has 112 valence electrons. The van der Waals surface area contributed by atoms with Crippen LogP contribution in [0.2, 0.25) is 0 Å². The molecule has 0 aromatic heterocycles. The van der Waals surface area contributed by atoms with Crippen LogP contribution in [0.4, 0.5) is 5.69 Å². The summed E-state index contributed by atoms with van der Waals surface area (Å²) in [6, 6.07) is 10.4. The van der Waals surface area contributed by atoms with Gasteiger partial charge in [0.25, 0.3) is 0 Å². The minimum Gasteiger partial charge on any atom is -0.383 e. The molecule has 1 aromatic rings. The molecule has 2 unspecified atom stereocenters. The molecule has 0 radical (unpaired) electrons. The lowest BCUT2D eigenvalue weighted by molar-refractivity contribution is 0.199. The van der Waals surface area contributed by atoms with Gasteiger partial charge in [-0.25, -0.2) is 0 Å². The third-order valence-electron chi connectivity index (χ3n) is 4.30. The van der Waals surface area contributed by atoms with Crippen LogP contribution < -0.4 is 10.2 Å². The maximum Gasteiger partial charge on any atom is 0.0587 e. The molecular formula is C17H28N2O. The van der Waals surface area contributed by atoms with E-state index in [2.05, 4.69) is 48.3 Å². The Morgan fingerprint density at radius 3 is 2.65 bits per heavy atom. The smallest absolute Gasteiger partial charge is 0.0587 e. The average molecular weight is 276 g/mol. The monoisotopic (exact) mass is 276 g/mol. The fourth-order valence-corrected chi connectivity index (χ4v) is 3.13. The van der Waals surface area contributed by atoms with Crippen LogP contribution in [-0.4, -0.2) is 32.3 Å². The van der Waals surface area contributed by atoms with Crippen molar-refractivity contribution in [2.24, 2.45) is 0 Å². The van der Waals surface area contributed by atoms with Gasteiger partial charge in [-0.1, -0.05) is 19.1 Å². The Bertz CT molecular complexity index is 390. The summed E-state index contributed by atoms with van der Waals surface area (Å²) in [5.41, 5.74) is 2.72. The minimum absolute atomic E-state index is 0.672. The van der Waals surface area contributed by atoms with E-state index in [1.807, 2.05) is 0 Å². The molecule has 1 N–H and O–H groups in total. The van der Waals surface area contributed by atoms with Gasteiger partial charge in [0.05, 0.1) is 6.61 Å². The SMILES string of the molecule is CCC1CCC(C)N1c1ccc(CNCCOC)cc1. The van der Waals surface area contributed by atoms with E-state index in [1.54, 1.807) is 7.11 Å². The van der Waals surface area contributed by atoms with Crippen molar-refractivity contribution in [1.29, 1.82) is 0 Å². The Kier molecular flexibility index (Phi) is 5.86. The van der Waals surface area contributed by atoms with Crippen LogP contribution >= 0.6 is 0 Å². The normalized spacial score (nSPS) is 22.4. The van der Waals surface area contributed by atoms with Crippen LogP contribution in [-0.2, 0) is 11.3 Å². The lowest BCUT2D eigenvalue weighted by atomic mass is 10.1. The molecule has 3 heteroatoms. The van der Waals surface area contributed by atoms with Gasteiger partial charge in [0.15, 0.2) is 0 Å². The summed E-state index contributed by atoms with van der Waals surface area (Å²) in [7, 11) is 1.73. The molecule has 2 atom stereocenters. The van der Waals surface area contributed by atoms with E-state index in [4.69, 9.17) is 4.74 Å². The molecule has 1 aliphatic heterocycles. The summed E-state index contributed by atoms with van der Waals surface area (Å²) in [5, 5.41) is 3.38. The van der Waals surface area contributed by atoms with E-state index in [-0.39, 0.29) is 0 Å². The summed E-state index contributed by atoms with van der Waals surface area (Å²) in [6.45, 7) is 7.22. The molecule has 1 heterocycles. The van der Waals surface area contributed by atoms with E-state index >= 15 is 0 Å². The first-order valence-corrected chi connectivity index (χ1v) is 7.83. The lowest BCUT2D eigenvalue weighted by Crippen LogP contribution is -2.34. The molecule has 1 saturated heterocycles. The highest BCUT2D eigenvalue weighted by atomic mass is 16.5. The number of rotatable bonds is 7. The van der Waals surface area contributed by atoms with Crippen LogP contribution in [0, 0.1) is 0 Å². The largest absolute Gasteiger partial charge is 0.383 e. The number of ether oxygens (including phenoxy) is 1. The van der Waals surface area contributed by atoms with Gasteiger partial charge in [0.1, 0.15) is 0 Å². The number of hydrogen-bond acceptors (Lipinski definition) is 3. The van der Waals surface area contributed by atoms with E-state index in [0.29, 0.717) is 6.04 Å². The zero-order valence-corrected chi connectivity index (χ0v) is 13.1. The number of benzene rings is 1. The van der Waals surface area contributed by atoms with Crippen molar-refractivity contribution in [2.75, 3.05) is 25.2 Å². The molecule has 0 aliphatic carbocycles. The highest BCUT2D eigenvalue weighted by Gasteiger charge is 2.29. The second-order valence-corrected chi connectivity index (χ2v) is 5.73. The Balaban J connectivity index is 1.93. The van der Waals surface area contributed by atoms with Gasteiger partial charge in [0, 0.05) is 38.0 Å². The van der Waals surface area contributed by atoms with Gasteiger partial charge >= 0.3 is 0 Å². The van der Waals surface area contributed by atoms with Crippen LogP contribution in [0.25, 0.3) is 0 Å². The molecule has 1 fully saturated rings. The van der Waals surface area contributed by atoms with Crippen molar-refractivity contribution >= 4 is 5.69 Å². The van der Waals surface area contributed by atoms with Gasteiger partial charge in [-0.05, 0) is 43.9 Å². The van der Waals surface area contributed by atoms with Crippen molar-refractivity contribution < 1.29 is 4.74 Å². The van der Waals surface area contributed by atoms with Crippen molar-refractivity contribution in [1.82, 2.24) is 5.32 Å². The Morgan fingerprint density at radius 1 is 1.25 bits per heavy atom. The number of nitrogens with zero attached hydrogens (tertiary/aromatic N) is 1. The Labute approximate surface area is 123 Å². The predicted molar refractivity (Wildman–Crippen MR) is 85.3 cm³/mol. The molecule has 0 saturated carbocycles. The second-order valence-electron chi connectivity index (χ2n) is 5.73. The zero-order chi connectivity index (χ0) is 14.4. The molecular weight excluding hydrogens is 248 g/mol. The van der Waals surface area contributed by atoms with Gasteiger partial charge in [-0.3, -0.25) is 0 Å². The number of nitrogens with one attached hydrogen (secondary N) is 1. The van der Waals surface area contributed by atoms with Crippen molar-refractivity contribution in [3.05, 3.63) is 29.8 Å². The predicted octanol–water partition coefficient (Wildman–Crippen LogP) is 3.19. The maximum atomic E-state index is 5.03. The molecule has 0 bridgehead atoms. The number of hydrogen-bond donors (Lipinski definition) is 1. The summed E-state index contributed by atoms with van der Waals surface area (Å²) in [6.07, 6.45) is 3.89. The van der Waals surface area contributed by atoms with Crippen LogP contribution in [0.5, 0.6) is 0 Å². The van der Waals surface area contributed by atoms with Crippen molar-refractivity contribution in [3.8, 4) is 0 Å². The van der Waals surface area contributed by atoms with Gasteiger partial charge in [0.2, 0.25) is 0 Å². The summed E-state index contributed by atoms with van der Waals surface area (Å²) < 4.78 is 5.03. The topological polar surface area (TPSA) is 24.5 Å². The Morgan fingerprint density at radius 2 is 2.00 bits per heavy atom. The minimum atomic E-state index is 0.672. The van der Waals surface area contributed by atoms with Crippen molar-refractivity contribution in [3.63, 3.8) is 0 Å². The highest BCUT2D eigenvalue weighted by Crippen LogP contribution is 2.31. The molecule has 20 heavy (non-hydrogen) atoms. The first-order valence-electron chi connectivity index (χ1n) is 7.83. The fourth-order valence-electron chi connectivity index (χ4n) is 3.13. The first kappa shape index (κ1) is 15.3. The summed E-state index contributed by atoms with van der Waals surface area (Å²) >= 11 is 0. The van der Waals surface area contributed by atoms with Crippen LogP contribution in [0.1, 0.15) is 38.7 Å². The van der Waals surface area contributed by atoms with E-state index in [9.17, 15) is 0 Å². The van der Waals surface area contributed by atoms with Crippen LogP contribution in [0.3, 0.4) is 0 Å².